The topological polar surface area (TPSA) is 94.4 Å². The van der Waals surface area contributed by atoms with E-state index in [4.69, 9.17) is 4.74 Å². The molecule has 0 spiro atoms. The van der Waals surface area contributed by atoms with Crippen molar-refractivity contribution in [2.24, 2.45) is 10.1 Å². The third-order valence-corrected chi connectivity index (χ3v) is 5.77. The number of anilines is 2. The van der Waals surface area contributed by atoms with Gasteiger partial charge in [-0.2, -0.15) is 18.3 Å². The van der Waals surface area contributed by atoms with Crippen molar-refractivity contribution < 1.29 is 27.1 Å². The molecular formula is C25H27F4N7O2. The molecule has 0 saturated carbocycles. The Morgan fingerprint density at radius 2 is 1.87 bits per heavy atom. The first kappa shape index (κ1) is 27.0. The third kappa shape index (κ3) is 6.46. The van der Waals surface area contributed by atoms with Crippen LogP contribution in [0.5, 0.6) is 0 Å². The average Bonchev–Trinajstić information content (AvgIpc) is 2.89. The number of unbranched alkanes of at least 4 members (excludes halogenated alkanes) is 1. The molecular weight excluding hydrogens is 506 g/mol. The van der Waals surface area contributed by atoms with Crippen LogP contribution in [0.3, 0.4) is 0 Å². The number of amides is 2. The van der Waals surface area contributed by atoms with Crippen molar-refractivity contribution in [1.29, 1.82) is 0 Å². The van der Waals surface area contributed by atoms with Crippen molar-refractivity contribution in [2.45, 2.75) is 25.9 Å². The third-order valence-electron chi connectivity index (χ3n) is 5.77. The summed E-state index contributed by atoms with van der Waals surface area (Å²) < 4.78 is 60.9. The number of pyridine rings is 1. The summed E-state index contributed by atoms with van der Waals surface area (Å²) in [6.07, 6.45) is -0.191. The molecule has 4 rings (SSSR count). The maximum atomic E-state index is 14.2. The first-order chi connectivity index (χ1) is 18.2. The fourth-order valence-corrected chi connectivity index (χ4v) is 3.90. The van der Waals surface area contributed by atoms with E-state index in [1.54, 1.807) is 7.05 Å². The van der Waals surface area contributed by atoms with Gasteiger partial charge in [-0.05, 0) is 36.8 Å². The molecule has 3 heterocycles. The van der Waals surface area contributed by atoms with E-state index in [2.05, 4.69) is 25.7 Å². The first-order valence-corrected chi connectivity index (χ1v) is 12.0. The Bertz CT molecular complexity index is 1250. The van der Waals surface area contributed by atoms with Crippen molar-refractivity contribution >= 4 is 29.2 Å². The Labute approximate surface area is 216 Å². The molecule has 2 N–H and O–H groups in total. The van der Waals surface area contributed by atoms with Crippen LogP contribution in [-0.4, -0.2) is 65.9 Å². The zero-order valence-corrected chi connectivity index (χ0v) is 20.8. The van der Waals surface area contributed by atoms with Crippen molar-refractivity contribution in [3.63, 3.8) is 0 Å². The monoisotopic (exact) mass is 533 g/mol. The summed E-state index contributed by atoms with van der Waals surface area (Å²) in [5, 5.41) is 10.5. The number of hydrogen-bond acceptors (Lipinski definition) is 7. The molecule has 13 heteroatoms. The molecule has 0 unspecified atom stereocenters. The summed E-state index contributed by atoms with van der Waals surface area (Å²) >= 11 is 0. The maximum Gasteiger partial charge on any atom is 0.417 e. The SMILES string of the molecule is CCCC=C1C(N2CCOCC2)=NC(c2cnc(NC(=O)Nc3ccc(F)cc3)cc2C(F)(F)F)=NN1C. The highest BCUT2D eigenvalue weighted by atomic mass is 19.4. The van der Waals surface area contributed by atoms with Gasteiger partial charge in [0.1, 0.15) is 11.6 Å². The van der Waals surface area contributed by atoms with Gasteiger partial charge in [-0.3, -0.25) is 10.3 Å². The smallest absolute Gasteiger partial charge is 0.378 e. The lowest BCUT2D eigenvalue weighted by Crippen LogP contribution is -2.45. The van der Waals surface area contributed by atoms with Gasteiger partial charge < -0.3 is 15.0 Å². The van der Waals surface area contributed by atoms with Crippen LogP contribution in [0.1, 0.15) is 30.9 Å². The number of halogens is 4. The Kier molecular flexibility index (Phi) is 8.25. The highest BCUT2D eigenvalue weighted by Gasteiger charge is 2.37. The number of likely N-dealkylation sites (N-methyl/N-ethyl adjacent to an activating group) is 1. The van der Waals surface area contributed by atoms with Crippen molar-refractivity contribution in [3.05, 3.63) is 65.2 Å². The lowest BCUT2D eigenvalue weighted by atomic mass is 10.1. The van der Waals surface area contributed by atoms with Crippen LogP contribution in [0.15, 0.2) is 58.4 Å². The maximum absolute atomic E-state index is 14.2. The summed E-state index contributed by atoms with van der Waals surface area (Å²) in [5.74, 6) is -0.453. The Morgan fingerprint density at radius 1 is 1.16 bits per heavy atom. The van der Waals surface area contributed by atoms with Gasteiger partial charge in [0.05, 0.1) is 30.0 Å². The fraction of sp³-hybridized carbons (Fsp3) is 0.360. The van der Waals surface area contributed by atoms with Gasteiger partial charge in [-0.25, -0.2) is 19.2 Å². The molecule has 0 bridgehead atoms. The van der Waals surface area contributed by atoms with Gasteiger partial charge in [0, 0.05) is 32.0 Å². The number of allylic oxidation sites excluding steroid dienone is 1. The minimum absolute atomic E-state index is 0.148. The first-order valence-electron chi connectivity index (χ1n) is 12.0. The van der Waals surface area contributed by atoms with Crippen LogP contribution in [-0.2, 0) is 10.9 Å². The zero-order valence-electron chi connectivity index (χ0n) is 20.8. The molecule has 202 valence electrons. The normalized spacial score (nSPS) is 17.3. The van der Waals surface area contributed by atoms with Gasteiger partial charge in [0.15, 0.2) is 11.7 Å². The number of morpholine rings is 1. The number of ether oxygens (including phenoxy) is 1. The molecule has 0 radical (unpaired) electrons. The predicted octanol–water partition coefficient (Wildman–Crippen LogP) is 4.91. The summed E-state index contributed by atoms with van der Waals surface area (Å²) in [6, 6.07) is 4.81. The van der Waals surface area contributed by atoms with Crippen LogP contribution >= 0.6 is 0 Å². The summed E-state index contributed by atoms with van der Waals surface area (Å²) in [5.41, 5.74) is -0.417. The van der Waals surface area contributed by atoms with E-state index in [1.165, 1.54) is 17.1 Å². The molecule has 38 heavy (non-hydrogen) atoms. The standard InChI is InChI=1S/C25H27F4N7O2/c1-3-4-5-20-23(36-10-12-38-13-11-36)33-22(34-35(20)2)18-15-30-21(14-19(18)25(27,28)29)32-24(37)31-17-8-6-16(26)7-9-17/h5-9,14-15H,3-4,10-13H2,1-2H3,(H2,30,31,32,37). The van der Waals surface area contributed by atoms with Crippen molar-refractivity contribution in [2.75, 3.05) is 44.0 Å². The second-order valence-corrected chi connectivity index (χ2v) is 8.56. The van der Waals surface area contributed by atoms with E-state index < -0.39 is 23.6 Å². The van der Waals surface area contributed by atoms with Crippen molar-refractivity contribution in [3.8, 4) is 0 Å². The minimum atomic E-state index is -4.78. The summed E-state index contributed by atoms with van der Waals surface area (Å²) in [7, 11) is 1.66. The molecule has 2 aromatic rings. The van der Waals surface area contributed by atoms with E-state index in [0.29, 0.717) is 37.8 Å². The number of aliphatic imine (C=N–C) groups is 1. The summed E-state index contributed by atoms with van der Waals surface area (Å²) in [4.78, 5) is 22.8. The second kappa shape index (κ2) is 11.6. The summed E-state index contributed by atoms with van der Waals surface area (Å²) in [6.45, 7) is 4.06. The lowest BCUT2D eigenvalue weighted by Gasteiger charge is -2.35. The number of hydrogen-bond donors (Lipinski definition) is 2. The molecule has 1 fully saturated rings. The van der Waals surface area contributed by atoms with E-state index >= 15 is 0 Å². The number of carbonyl (C=O) groups is 1. The van der Waals surface area contributed by atoms with Crippen LogP contribution in [0.4, 0.5) is 33.9 Å². The fourth-order valence-electron chi connectivity index (χ4n) is 3.90. The Balaban J connectivity index is 1.65. The van der Waals surface area contributed by atoms with Crippen LogP contribution < -0.4 is 10.6 Å². The zero-order chi connectivity index (χ0) is 27.3. The van der Waals surface area contributed by atoms with Gasteiger partial charge in [0.25, 0.3) is 0 Å². The number of carbonyl (C=O) groups excluding carboxylic acids is 1. The Morgan fingerprint density at radius 3 is 2.53 bits per heavy atom. The highest BCUT2D eigenvalue weighted by molar-refractivity contribution is 6.13. The average molecular weight is 534 g/mol. The van der Waals surface area contributed by atoms with Gasteiger partial charge in [-0.15, -0.1) is 0 Å². The van der Waals surface area contributed by atoms with Gasteiger partial charge >= 0.3 is 12.2 Å². The number of urea groups is 1. The van der Waals surface area contributed by atoms with Gasteiger partial charge in [0.2, 0.25) is 0 Å². The highest BCUT2D eigenvalue weighted by Crippen LogP contribution is 2.34. The van der Waals surface area contributed by atoms with E-state index in [-0.39, 0.29) is 22.9 Å². The molecule has 0 atom stereocenters. The molecule has 1 saturated heterocycles. The molecule has 2 amide bonds. The molecule has 2 aliphatic heterocycles. The van der Waals surface area contributed by atoms with Crippen LogP contribution in [0.25, 0.3) is 0 Å². The minimum Gasteiger partial charge on any atom is -0.378 e. The van der Waals surface area contributed by atoms with E-state index in [1.807, 2.05) is 17.9 Å². The number of amidine groups is 2. The molecule has 1 aromatic heterocycles. The quantitative estimate of drug-likeness (QED) is 0.533. The molecule has 0 aliphatic carbocycles. The number of alkyl halides is 3. The number of benzene rings is 1. The second-order valence-electron chi connectivity index (χ2n) is 8.56. The number of nitrogens with zero attached hydrogens (tertiary/aromatic N) is 5. The Hall–Kier alpha value is -4.00. The number of aromatic nitrogens is 1. The van der Waals surface area contributed by atoms with Crippen molar-refractivity contribution in [1.82, 2.24) is 14.9 Å². The number of hydrazone groups is 1. The molecule has 9 nitrogen and oxygen atoms in total. The number of nitrogens with one attached hydrogen (secondary N) is 2. The molecule has 1 aromatic carbocycles. The molecule has 2 aliphatic rings. The van der Waals surface area contributed by atoms with Gasteiger partial charge in [-0.1, -0.05) is 19.4 Å². The number of rotatable bonds is 5. The van der Waals surface area contributed by atoms with E-state index in [0.717, 1.165) is 37.2 Å². The largest absolute Gasteiger partial charge is 0.417 e. The van der Waals surface area contributed by atoms with Crippen LogP contribution in [0, 0.1) is 5.82 Å². The van der Waals surface area contributed by atoms with E-state index in [9.17, 15) is 22.4 Å². The lowest BCUT2D eigenvalue weighted by molar-refractivity contribution is -0.137. The predicted molar refractivity (Wildman–Crippen MR) is 135 cm³/mol. The van der Waals surface area contributed by atoms with Crippen LogP contribution in [0.2, 0.25) is 0 Å².